The molecule has 2 aromatic heterocycles. The monoisotopic (exact) mass is 349 g/mol. The summed E-state index contributed by atoms with van der Waals surface area (Å²) in [5.41, 5.74) is 2.39. The van der Waals surface area contributed by atoms with Gasteiger partial charge in [-0.2, -0.15) is 4.52 Å². The van der Waals surface area contributed by atoms with Gasteiger partial charge in [0.15, 0.2) is 5.65 Å². The normalized spacial score (nSPS) is 12.4. The Bertz CT molecular complexity index is 1080. The number of benzene rings is 2. The van der Waals surface area contributed by atoms with E-state index in [4.69, 9.17) is 4.74 Å². The molecule has 0 radical (unpaired) electrons. The van der Waals surface area contributed by atoms with Gasteiger partial charge in [-0.15, -0.1) is 5.10 Å². The van der Waals surface area contributed by atoms with Gasteiger partial charge in [0, 0.05) is 10.9 Å². The van der Waals surface area contributed by atoms with Crippen molar-refractivity contribution >= 4 is 22.5 Å². The van der Waals surface area contributed by atoms with E-state index in [-0.39, 0.29) is 6.61 Å². The summed E-state index contributed by atoms with van der Waals surface area (Å²) in [6.45, 7) is 1.72. The van der Waals surface area contributed by atoms with Gasteiger partial charge in [-0.25, -0.2) is 9.97 Å². The lowest BCUT2D eigenvalue weighted by molar-refractivity contribution is 0.272. The smallest absolute Gasteiger partial charge is 0.227 e. The number of anilines is 1. The highest BCUT2D eigenvalue weighted by atomic mass is 16.5. The van der Waals surface area contributed by atoms with Crippen LogP contribution in [0.3, 0.4) is 0 Å². The molecule has 0 aliphatic heterocycles. The maximum atomic E-state index is 9.96. The second kappa shape index (κ2) is 6.61. The fourth-order valence-corrected chi connectivity index (χ4v) is 3.08. The zero-order valence-electron chi connectivity index (χ0n) is 14.5. The lowest BCUT2D eigenvalue weighted by atomic mass is 10.1. The van der Waals surface area contributed by atoms with Crippen molar-refractivity contribution in [3.05, 3.63) is 59.9 Å². The summed E-state index contributed by atoms with van der Waals surface area (Å²) in [5.74, 6) is 1.87. The van der Waals surface area contributed by atoms with Crippen molar-refractivity contribution in [3.8, 4) is 5.75 Å². The van der Waals surface area contributed by atoms with Gasteiger partial charge in [0.05, 0.1) is 25.3 Å². The minimum Gasteiger partial charge on any atom is -0.496 e. The molecule has 7 heteroatoms. The summed E-state index contributed by atoms with van der Waals surface area (Å²) < 4.78 is 7.10. The van der Waals surface area contributed by atoms with Crippen LogP contribution >= 0.6 is 0 Å². The van der Waals surface area contributed by atoms with Crippen LogP contribution in [0.4, 0.5) is 5.95 Å². The van der Waals surface area contributed by atoms with Gasteiger partial charge in [-0.3, -0.25) is 0 Å². The van der Waals surface area contributed by atoms with Crippen LogP contribution in [-0.4, -0.2) is 38.4 Å². The molecule has 0 saturated carbocycles. The summed E-state index contributed by atoms with van der Waals surface area (Å²) >= 11 is 0. The number of methoxy groups -OCH3 is 1. The SMILES string of the molecule is COc1ccccc1C(CO)Nc1nc2ccccc2c2nc(C)nn12. The van der Waals surface area contributed by atoms with Gasteiger partial charge in [-0.1, -0.05) is 30.3 Å². The molecular formula is C19H19N5O2. The van der Waals surface area contributed by atoms with Crippen LogP contribution in [0.2, 0.25) is 0 Å². The Morgan fingerprint density at radius 3 is 2.69 bits per heavy atom. The maximum Gasteiger partial charge on any atom is 0.227 e. The predicted molar refractivity (Wildman–Crippen MR) is 99.5 cm³/mol. The van der Waals surface area contributed by atoms with Crippen molar-refractivity contribution in [2.75, 3.05) is 19.0 Å². The first-order chi connectivity index (χ1) is 12.7. The summed E-state index contributed by atoms with van der Waals surface area (Å²) in [6.07, 6.45) is 0. The van der Waals surface area contributed by atoms with E-state index >= 15 is 0 Å². The van der Waals surface area contributed by atoms with E-state index in [1.807, 2.05) is 55.5 Å². The fourth-order valence-electron chi connectivity index (χ4n) is 3.08. The summed E-state index contributed by atoms with van der Waals surface area (Å²) in [7, 11) is 1.61. The van der Waals surface area contributed by atoms with Crippen molar-refractivity contribution < 1.29 is 9.84 Å². The van der Waals surface area contributed by atoms with Crippen LogP contribution in [0.5, 0.6) is 5.75 Å². The number of aliphatic hydroxyl groups is 1. The molecule has 0 spiro atoms. The predicted octanol–water partition coefficient (Wildman–Crippen LogP) is 2.74. The van der Waals surface area contributed by atoms with Gasteiger partial charge < -0.3 is 15.2 Å². The molecule has 26 heavy (non-hydrogen) atoms. The minimum absolute atomic E-state index is 0.121. The highest BCUT2D eigenvalue weighted by Gasteiger charge is 2.19. The van der Waals surface area contributed by atoms with Crippen LogP contribution in [0, 0.1) is 6.92 Å². The van der Waals surface area contributed by atoms with E-state index in [1.165, 1.54) is 0 Å². The second-order valence-electron chi connectivity index (χ2n) is 5.97. The molecule has 2 N–H and O–H groups in total. The van der Waals surface area contributed by atoms with Gasteiger partial charge in [-0.05, 0) is 25.1 Å². The molecule has 0 fully saturated rings. The molecule has 132 valence electrons. The highest BCUT2D eigenvalue weighted by molar-refractivity contribution is 5.92. The fraction of sp³-hybridized carbons (Fsp3) is 0.211. The summed E-state index contributed by atoms with van der Waals surface area (Å²) in [4.78, 5) is 9.21. The quantitative estimate of drug-likeness (QED) is 0.576. The molecule has 0 aliphatic rings. The van der Waals surface area contributed by atoms with Gasteiger partial charge in [0.25, 0.3) is 0 Å². The molecule has 0 saturated heterocycles. The van der Waals surface area contributed by atoms with Crippen molar-refractivity contribution in [2.24, 2.45) is 0 Å². The Morgan fingerprint density at radius 2 is 1.88 bits per heavy atom. The largest absolute Gasteiger partial charge is 0.496 e. The number of ether oxygens (including phenoxy) is 1. The van der Waals surface area contributed by atoms with Crippen molar-refractivity contribution in [3.63, 3.8) is 0 Å². The lowest BCUT2D eigenvalue weighted by Gasteiger charge is -2.20. The number of fused-ring (bicyclic) bond motifs is 3. The highest BCUT2D eigenvalue weighted by Crippen LogP contribution is 2.28. The van der Waals surface area contributed by atoms with Crippen LogP contribution < -0.4 is 10.1 Å². The Hall–Kier alpha value is -3.19. The van der Waals surface area contributed by atoms with Crippen LogP contribution in [0.25, 0.3) is 16.6 Å². The molecule has 0 bridgehead atoms. The number of aryl methyl sites for hydroxylation is 1. The van der Waals surface area contributed by atoms with E-state index in [2.05, 4.69) is 20.4 Å². The maximum absolute atomic E-state index is 9.96. The molecule has 4 aromatic rings. The number of nitrogens with zero attached hydrogens (tertiary/aromatic N) is 4. The van der Waals surface area contributed by atoms with E-state index < -0.39 is 6.04 Å². The zero-order chi connectivity index (χ0) is 18.1. The van der Waals surface area contributed by atoms with Crippen LogP contribution in [-0.2, 0) is 0 Å². The molecular weight excluding hydrogens is 330 g/mol. The summed E-state index contributed by atoms with van der Waals surface area (Å²) in [5, 5.41) is 18.6. The average molecular weight is 349 g/mol. The molecule has 4 rings (SSSR count). The third-order valence-electron chi connectivity index (χ3n) is 4.29. The number of rotatable bonds is 5. The Kier molecular flexibility index (Phi) is 4.14. The van der Waals surface area contributed by atoms with Gasteiger partial charge >= 0.3 is 0 Å². The van der Waals surface area contributed by atoms with Crippen molar-refractivity contribution in [2.45, 2.75) is 13.0 Å². The average Bonchev–Trinajstić information content (AvgIpc) is 3.08. The third kappa shape index (κ3) is 2.72. The molecule has 1 unspecified atom stereocenters. The first kappa shape index (κ1) is 16.3. The zero-order valence-corrected chi connectivity index (χ0v) is 14.5. The first-order valence-corrected chi connectivity index (χ1v) is 8.33. The molecule has 1 atom stereocenters. The third-order valence-corrected chi connectivity index (χ3v) is 4.29. The number of aromatic nitrogens is 4. The molecule has 2 aromatic carbocycles. The molecule has 7 nitrogen and oxygen atoms in total. The van der Waals surface area contributed by atoms with Gasteiger partial charge in [0.2, 0.25) is 5.95 Å². The standard InChI is InChI=1S/C19H19N5O2/c1-12-20-18-14-8-3-5-9-15(14)21-19(24(18)23-12)22-16(11-25)13-7-4-6-10-17(13)26-2/h3-10,16,25H,11H2,1-2H3,(H,21,22). The van der Waals surface area contributed by atoms with E-state index in [9.17, 15) is 5.11 Å². The Labute approximate surface area is 150 Å². The molecule has 0 amide bonds. The molecule has 0 aliphatic carbocycles. The van der Waals surface area contributed by atoms with E-state index in [0.29, 0.717) is 17.5 Å². The number of nitrogens with one attached hydrogen (secondary N) is 1. The van der Waals surface area contributed by atoms with Gasteiger partial charge in [0.1, 0.15) is 11.6 Å². The number of aliphatic hydroxyl groups excluding tert-OH is 1. The Morgan fingerprint density at radius 1 is 1.12 bits per heavy atom. The minimum atomic E-state index is -0.396. The number of para-hydroxylation sites is 2. The summed E-state index contributed by atoms with van der Waals surface area (Å²) in [6, 6.07) is 15.0. The van der Waals surface area contributed by atoms with Crippen LogP contribution in [0.1, 0.15) is 17.4 Å². The van der Waals surface area contributed by atoms with E-state index in [0.717, 1.165) is 22.1 Å². The topological polar surface area (TPSA) is 84.6 Å². The van der Waals surface area contributed by atoms with Crippen LogP contribution in [0.15, 0.2) is 48.5 Å². The van der Waals surface area contributed by atoms with Crippen molar-refractivity contribution in [1.82, 2.24) is 19.6 Å². The molecule has 2 heterocycles. The number of hydrogen-bond acceptors (Lipinski definition) is 6. The first-order valence-electron chi connectivity index (χ1n) is 8.33. The Balaban J connectivity index is 1.84. The second-order valence-corrected chi connectivity index (χ2v) is 5.97. The lowest BCUT2D eigenvalue weighted by Crippen LogP contribution is -2.19. The van der Waals surface area contributed by atoms with Crippen molar-refractivity contribution in [1.29, 1.82) is 0 Å². The number of hydrogen-bond donors (Lipinski definition) is 2. The van der Waals surface area contributed by atoms with E-state index in [1.54, 1.807) is 11.6 Å².